The Hall–Kier alpha value is -3.48. The van der Waals surface area contributed by atoms with E-state index in [1.807, 2.05) is 44.8 Å². The molecule has 3 aromatic rings. The van der Waals surface area contributed by atoms with Crippen molar-refractivity contribution < 1.29 is 9.59 Å². The number of imidazole rings is 1. The number of nitrogens with zero attached hydrogens (tertiary/aromatic N) is 5. The summed E-state index contributed by atoms with van der Waals surface area (Å²) in [4.78, 5) is 37.2. The largest absolute Gasteiger partial charge is 0.337 e. The van der Waals surface area contributed by atoms with Crippen molar-refractivity contribution in [3.8, 4) is 0 Å². The van der Waals surface area contributed by atoms with Crippen LogP contribution in [0.3, 0.4) is 0 Å². The van der Waals surface area contributed by atoms with Crippen LogP contribution < -0.4 is 0 Å². The first-order chi connectivity index (χ1) is 14.2. The minimum absolute atomic E-state index is 0.00875. The summed E-state index contributed by atoms with van der Waals surface area (Å²) in [5.74, 6) is 0.00273. The monoisotopic (exact) mass is 389 g/mol. The van der Waals surface area contributed by atoms with Gasteiger partial charge in [-0.1, -0.05) is 12.1 Å². The van der Waals surface area contributed by atoms with Crippen molar-refractivity contribution in [2.24, 2.45) is 0 Å². The van der Waals surface area contributed by atoms with Gasteiger partial charge in [0.15, 0.2) is 0 Å². The van der Waals surface area contributed by atoms with Gasteiger partial charge in [0, 0.05) is 68.6 Å². The van der Waals surface area contributed by atoms with Gasteiger partial charge in [0.05, 0.1) is 6.33 Å². The van der Waals surface area contributed by atoms with E-state index in [1.54, 1.807) is 37.1 Å². The Bertz CT molecular complexity index is 955. The number of aromatic nitrogens is 3. The summed E-state index contributed by atoms with van der Waals surface area (Å²) in [7, 11) is 0. The van der Waals surface area contributed by atoms with Crippen molar-refractivity contribution in [1.82, 2.24) is 24.3 Å². The molecule has 29 heavy (non-hydrogen) atoms. The van der Waals surface area contributed by atoms with Crippen molar-refractivity contribution in [3.63, 3.8) is 0 Å². The molecule has 148 valence electrons. The zero-order chi connectivity index (χ0) is 20.1. The van der Waals surface area contributed by atoms with Gasteiger partial charge in [-0.05, 0) is 36.2 Å². The van der Waals surface area contributed by atoms with Crippen molar-refractivity contribution in [1.29, 1.82) is 0 Å². The van der Waals surface area contributed by atoms with Gasteiger partial charge in [0.2, 0.25) is 0 Å². The van der Waals surface area contributed by atoms with Gasteiger partial charge in [-0.25, -0.2) is 4.98 Å². The Balaban J connectivity index is 1.37. The predicted molar refractivity (Wildman–Crippen MR) is 108 cm³/mol. The molecular formula is C22H23N5O2. The lowest BCUT2D eigenvalue weighted by Crippen LogP contribution is -2.37. The summed E-state index contributed by atoms with van der Waals surface area (Å²) in [5.41, 5.74) is 2.42. The molecule has 1 fully saturated rings. The topological polar surface area (TPSA) is 71.3 Å². The third-order valence-electron chi connectivity index (χ3n) is 5.12. The number of carbonyl (C=O) groups is 2. The van der Waals surface area contributed by atoms with Gasteiger partial charge in [-0.3, -0.25) is 14.6 Å². The summed E-state index contributed by atoms with van der Waals surface area (Å²) in [5, 5.41) is 0. The molecule has 0 bridgehead atoms. The minimum atomic E-state index is -0.00875. The molecule has 4 rings (SSSR count). The summed E-state index contributed by atoms with van der Waals surface area (Å²) >= 11 is 0. The van der Waals surface area contributed by atoms with Gasteiger partial charge in [0.25, 0.3) is 11.8 Å². The fourth-order valence-electron chi connectivity index (χ4n) is 3.53. The summed E-state index contributed by atoms with van der Waals surface area (Å²) in [6.45, 7) is 3.09. The highest BCUT2D eigenvalue weighted by atomic mass is 16.2. The predicted octanol–water partition coefficient (Wildman–Crippen LogP) is 2.31. The van der Waals surface area contributed by atoms with E-state index in [0.717, 1.165) is 18.5 Å². The van der Waals surface area contributed by atoms with E-state index in [-0.39, 0.29) is 11.8 Å². The Kier molecular flexibility index (Phi) is 5.65. The third-order valence-corrected chi connectivity index (χ3v) is 5.12. The smallest absolute Gasteiger partial charge is 0.254 e. The maximum Gasteiger partial charge on any atom is 0.254 e. The summed E-state index contributed by atoms with van der Waals surface area (Å²) < 4.78 is 1.99. The molecule has 1 aromatic carbocycles. The van der Waals surface area contributed by atoms with Crippen LogP contribution >= 0.6 is 0 Å². The second-order valence-corrected chi connectivity index (χ2v) is 7.11. The van der Waals surface area contributed by atoms with Gasteiger partial charge >= 0.3 is 0 Å². The molecule has 2 amide bonds. The first kappa shape index (κ1) is 18.9. The molecule has 7 nitrogen and oxygen atoms in total. The van der Waals surface area contributed by atoms with Crippen LogP contribution in [0.2, 0.25) is 0 Å². The average molecular weight is 389 g/mol. The number of amides is 2. The van der Waals surface area contributed by atoms with Crippen LogP contribution in [0.15, 0.2) is 67.5 Å². The SMILES string of the molecule is O=C(c1ccncc1)N1CCCN(C(=O)c2ccc(Cn3ccnc3)cc2)CC1. The van der Waals surface area contributed by atoms with Crippen molar-refractivity contribution in [2.45, 2.75) is 13.0 Å². The molecule has 1 aliphatic rings. The molecule has 1 aliphatic heterocycles. The highest BCUT2D eigenvalue weighted by molar-refractivity contribution is 5.95. The molecule has 7 heteroatoms. The van der Waals surface area contributed by atoms with Crippen LogP contribution in [0.4, 0.5) is 0 Å². The highest BCUT2D eigenvalue weighted by Crippen LogP contribution is 2.13. The quantitative estimate of drug-likeness (QED) is 0.687. The Morgan fingerprint density at radius 3 is 1.97 bits per heavy atom. The van der Waals surface area contributed by atoms with Crippen molar-refractivity contribution >= 4 is 11.8 Å². The number of rotatable bonds is 4. The second-order valence-electron chi connectivity index (χ2n) is 7.11. The molecule has 0 spiro atoms. The van der Waals surface area contributed by atoms with Crippen LogP contribution in [0.5, 0.6) is 0 Å². The van der Waals surface area contributed by atoms with Crippen LogP contribution in [-0.4, -0.2) is 62.3 Å². The maximum atomic E-state index is 12.9. The normalized spacial score (nSPS) is 14.5. The molecule has 0 saturated carbocycles. The standard InChI is InChI=1S/C22H23N5O2/c28-21(19-4-2-18(3-5-19)16-25-13-10-24-17-25)26-11-1-12-27(15-14-26)22(29)20-6-8-23-9-7-20/h2-10,13,17H,1,11-12,14-16H2. The van der Waals surface area contributed by atoms with Crippen molar-refractivity contribution in [2.75, 3.05) is 26.2 Å². The molecule has 0 N–H and O–H groups in total. The fourth-order valence-corrected chi connectivity index (χ4v) is 3.53. The average Bonchev–Trinajstić information content (AvgIpc) is 3.15. The lowest BCUT2D eigenvalue weighted by molar-refractivity contribution is 0.0718. The van der Waals surface area contributed by atoms with E-state index in [1.165, 1.54) is 0 Å². The van der Waals surface area contributed by atoms with E-state index in [9.17, 15) is 9.59 Å². The fraction of sp³-hybridized carbons (Fsp3) is 0.273. The number of hydrogen-bond acceptors (Lipinski definition) is 4. The lowest BCUT2D eigenvalue weighted by Gasteiger charge is -2.22. The summed E-state index contributed by atoms with van der Waals surface area (Å²) in [6, 6.07) is 11.1. The van der Waals surface area contributed by atoms with Gasteiger partial charge in [-0.2, -0.15) is 0 Å². The van der Waals surface area contributed by atoms with E-state index in [0.29, 0.717) is 37.3 Å². The molecule has 2 aromatic heterocycles. The molecular weight excluding hydrogens is 366 g/mol. The van der Waals surface area contributed by atoms with E-state index in [2.05, 4.69) is 9.97 Å². The van der Waals surface area contributed by atoms with Crippen LogP contribution in [0, 0.1) is 0 Å². The maximum absolute atomic E-state index is 12.9. The molecule has 0 radical (unpaired) electrons. The first-order valence-electron chi connectivity index (χ1n) is 9.74. The van der Waals surface area contributed by atoms with Gasteiger partial charge in [0.1, 0.15) is 0 Å². The van der Waals surface area contributed by atoms with Gasteiger partial charge < -0.3 is 14.4 Å². The number of benzene rings is 1. The van der Waals surface area contributed by atoms with Crippen LogP contribution in [-0.2, 0) is 6.54 Å². The molecule has 1 saturated heterocycles. The third kappa shape index (κ3) is 4.51. The molecule has 0 aliphatic carbocycles. The Morgan fingerprint density at radius 1 is 0.759 bits per heavy atom. The molecule has 3 heterocycles. The molecule has 0 unspecified atom stereocenters. The van der Waals surface area contributed by atoms with E-state index in [4.69, 9.17) is 0 Å². The highest BCUT2D eigenvalue weighted by Gasteiger charge is 2.23. The van der Waals surface area contributed by atoms with E-state index < -0.39 is 0 Å². The number of pyridine rings is 1. The number of hydrogen-bond donors (Lipinski definition) is 0. The first-order valence-corrected chi connectivity index (χ1v) is 9.74. The Morgan fingerprint density at radius 2 is 1.38 bits per heavy atom. The lowest BCUT2D eigenvalue weighted by atomic mass is 10.1. The van der Waals surface area contributed by atoms with Crippen LogP contribution in [0.1, 0.15) is 32.7 Å². The second kappa shape index (κ2) is 8.68. The van der Waals surface area contributed by atoms with Crippen LogP contribution in [0.25, 0.3) is 0 Å². The zero-order valence-corrected chi connectivity index (χ0v) is 16.1. The van der Waals surface area contributed by atoms with Gasteiger partial charge in [-0.15, -0.1) is 0 Å². The minimum Gasteiger partial charge on any atom is -0.337 e. The Labute approximate surface area is 169 Å². The zero-order valence-electron chi connectivity index (χ0n) is 16.1. The number of carbonyl (C=O) groups excluding carboxylic acids is 2. The van der Waals surface area contributed by atoms with Crippen molar-refractivity contribution in [3.05, 3.63) is 84.2 Å². The van der Waals surface area contributed by atoms with E-state index >= 15 is 0 Å². The summed E-state index contributed by atoms with van der Waals surface area (Å²) in [6.07, 6.45) is 9.44. The molecule has 0 atom stereocenters.